The van der Waals surface area contributed by atoms with Crippen LogP contribution in [0.2, 0.25) is 0 Å². The number of hydrogen-bond donors (Lipinski definition) is 2. The highest BCUT2D eigenvalue weighted by Crippen LogP contribution is 2.14. The average Bonchev–Trinajstić information content (AvgIpc) is 2.87. The summed E-state index contributed by atoms with van der Waals surface area (Å²) in [6, 6.07) is 2.07. The molecule has 0 bridgehead atoms. The Morgan fingerprint density at radius 1 is 1.24 bits per heavy atom. The van der Waals surface area contributed by atoms with Crippen LogP contribution in [0.3, 0.4) is 0 Å². The summed E-state index contributed by atoms with van der Waals surface area (Å²) >= 11 is 1.65. The molecule has 90 valence electrons. The van der Waals surface area contributed by atoms with Crippen molar-refractivity contribution in [2.75, 3.05) is 17.2 Å². The molecule has 0 amide bonds. The molecule has 2 aromatic rings. The van der Waals surface area contributed by atoms with Gasteiger partial charge in [-0.2, -0.15) is 0 Å². The van der Waals surface area contributed by atoms with Crippen molar-refractivity contribution in [3.8, 4) is 0 Å². The lowest BCUT2D eigenvalue weighted by atomic mass is 10.3. The van der Waals surface area contributed by atoms with E-state index in [0.29, 0.717) is 0 Å². The van der Waals surface area contributed by atoms with Crippen LogP contribution < -0.4 is 10.6 Å². The third-order valence-electron chi connectivity index (χ3n) is 2.24. The van der Waals surface area contributed by atoms with Crippen LogP contribution in [-0.2, 0) is 6.54 Å². The summed E-state index contributed by atoms with van der Waals surface area (Å²) in [5, 5.41) is 9.68. The second kappa shape index (κ2) is 6.20. The molecule has 0 spiro atoms. The highest BCUT2D eigenvalue weighted by atomic mass is 32.1. The van der Waals surface area contributed by atoms with E-state index in [-0.39, 0.29) is 0 Å². The first-order valence-electron chi connectivity index (χ1n) is 5.69. The molecular formula is C12H16N4S. The molecule has 2 heterocycles. The van der Waals surface area contributed by atoms with Crippen LogP contribution in [0.25, 0.3) is 0 Å². The van der Waals surface area contributed by atoms with Crippen LogP contribution in [0.4, 0.5) is 11.4 Å². The number of hydrogen-bond acceptors (Lipinski definition) is 5. The number of pyridine rings is 1. The van der Waals surface area contributed by atoms with Crippen LogP contribution in [0.1, 0.15) is 18.4 Å². The van der Waals surface area contributed by atoms with Crippen molar-refractivity contribution in [3.05, 3.63) is 35.0 Å². The zero-order valence-corrected chi connectivity index (χ0v) is 10.6. The Morgan fingerprint density at radius 3 is 2.76 bits per heavy atom. The molecule has 2 rings (SSSR count). The zero-order chi connectivity index (χ0) is 11.9. The molecule has 0 saturated carbocycles. The molecule has 0 aliphatic carbocycles. The highest BCUT2D eigenvalue weighted by molar-refractivity contribution is 7.09. The van der Waals surface area contributed by atoms with Gasteiger partial charge in [0.05, 0.1) is 30.3 Å². The Bertz CT molecular complexity index is 442. The molecular weight excluding hydrogens is 232 g/mol. The van der Waals surface area contributed by atoms with Crippen LogP contribution >= 0.6 is 11.3 Å². The van der Waals surface area contributed by atoms with Gasteiger partial charge in [-0.25, -0.2) is 4.98 Å². The molecule has 17 heavy (non-hydrogen) atoms. The number of rotatable bonds is 6. The van der Waals surface area contributed by atoms with E-state index in [1.165, 1.54) is 0 Å². The van der Waals surface area contributed by atoms with Gasteiger partial charge in [-0.15, -0.1) is 11.3 Å². The van der Waals surface area contributed by atoms with Crippen molar-refractivity contribution in [2.45, 2.75) is 19.9 Å². The number of nitrogens with zero attached hydrogens (tertiary/aromatic N) is 2. The Kier molecular flexibility index (Phi) is 4.32. The fourth-order valence-corrected chi connectivity index (χ4v) is 1.98. The first-order chi connectivity index (χ1) is 8.38. The van der Waals surface area contributed by atoms with Crippen LogP contribution in [0.15, 0.2) is 30.0 Å². The first-order valence-corrected chi connectivity index (χ1v) is 6.57. The summed E-state index contributed by atoms with van der Waals surface area (Å²) in [6.45, 7) is 3.86. The molecule has 0 aromatic carbocycles. The third kappa shape index (κ3) is 3.71. The van der Waals surface area contributed by atoms with Gasteiger partial charge in [0.15, 0.2) is 0 Å². The minimum absolute atomic E-state index is 0.747. The molecule has 0 aliphatic rings. The lowest BCUT2D eigenvalue weighted by molar-refractivity contribution is 0.977. The lowest BCUT2D eigenvalue weighted by Gasteiger charge is -2.07. The smallest absolute Gasteiger partial charge is 0.112 e. The van der Waals surface area contributed by atoms with Gasteiger partial charge in [0, 0.05) is 18.1 Å². The maximum Gasteiger partial charge on any atom is 0.112 e. The van der Waals surface area contributed by atoms with Gasteiger partial charge >= 0.3 is 0 Å². The summed E-state index contributed by atoms with van der Waals surface area (Å²) in [6.07, 6.45) is 6.59. The molecule has 2 aromatic heterocycles. The van der Waals surface area contributed by atoms with Gasteiger partial charge in [0.25, 0.3) is 0 Å². The van der Waals surface area contributed by atoms with E-state index in [9.17, 15) is 0 Å². The van der Waals surface area contributed by atoms with E-state index in [1.54, 1.807) is 11.3 Å². The molecule has 5 heteroatoms. The van der Waals surface area contributed by atoms with E-state index in [0.717, 1.165) is 35.9 Å². The Morgan fingerprint density at radius 2 is 2.06 bits per heavy atom. The molecule has 0 fully saturated rings. The summed E-state index contributed by atoms with van der Waals surface area (Å²) in [7, 11) is 0. The van der Waals surface area contributed by atoms with E-state index in [2.05, 4.69) is 33.6 Å². The van der Waals surface area contributed by atoms with Gasteiger partial charge < -0.3 is 10.6 Å². The highest BCUT2D eigenvalue weighted by Gasteiger charge is 1.98. The van der Waals surface area contributed by atoms with Crippen molar-refractivity contribution in [1.29, 1.82) is 0 Å². The molecule has 0 atom stereocenters. The number of nitrogens with one attached hydrogen (secondary N) is 2. The van der Waals surface area contributed by atoms with E-state index in [1.807, 2.05) is 24.0 Å². The predicted octanol–water partition coefficient (Wildman–Crippen LogP) is 2.97. The SMILES string of the molecule is CCCNc1cncc(NCc2nccs2)c1. The largest absolute Gasteiger partial charge is 0.384 e. The van der Waals surface area contributed by atoms with Gasteiger partial charge in [-0.1, -0.05) is 6.92 Å². The second-order valence-corrected chi connectivity index (χ2v) is 4.65. The van der Waals surface area contributed by atoms with Crippen molar-refractivity contribution in [2.24, 2.45) is 0 Å². The summed E-state index contributed by atoms with van der Waals surface area (Å²) in [5.74, 6) is 0. The minimum atomic E-state index is 0.747. The fraction of sp³-hybridized carbons (Fsp3) is 0.333. The van der Waals surface area contributed by atoms with Gasteiger partial charge in [0.2, 0.25) is 0 Å². The van der Waals surface area contributed by atoms with Gasteiger partial charge in [0.1, 0.15) is 5.01 Å². The topological polar surface area (TPSA) is 49.8 Å². The van der Waals surface area contributed by atoms with E-state index in [4.69, 9.17) is 0 Å². The molecule has 2 N–H and O–H groups in total. The maximum absolute atomic E-state index is 4.22. The van der Waals surface area contributed by atoms with E-state index < -0.39 is 0 Å². The van der Waals surface area contributed by atoms with Crippen molar-refractivity contribution < 1.29 is 0 Å². The molecule has 0 radical (unpaired) electrons. The minimum Gasteiger partial charge on any atom is -0.384 e. The van der Waals surface area contributed by atoms with Gasteiger partial charge in [-0.05, 0) is 12.5 Å². The molecule has 0 aliphatic heterocycles. The number of anilines is 2. The van der Waals surface area contributed by atoms with Crippen LogP contribution in [0, 0.1) is 0 Å². The fourth-order valence-electron chi connectivity index (χ4n) is 1.42. The summed E-state index contributed by atoms with van der Waals surface area (Å²) in [5.41, 5.74) is 2.07. The monoisotopic (exact) mass is 248 g/mol. The van der Waals surface area contributed by atoms with Crippen LogP contribution in [0.5, 0.6) is 0 Å². The summed E-state index contributed by atoms with van der Waals surface area (Å²) < 4.78 is 0. The van der Waals surface area contributed by atoms with Gasteiger partial charge in [-0.3, -0.25) is 4.98 Å². The maximum atomic E-state index is 4.22. The zero-order valence-electron chi connectivity index (χ0n) is 9.81. The average molecular weight is 248 g/mol. The summed E-state index contributed by atoms with van der Waals surface area (Å²) in [4.78, 5) is 8.42. The Labute approximate surface area is 105 Å². The van der Waals surface area contributed by atoms with Crippen molar-refractivity contribution in [1.82, 2.24) is 9.97 Å². The Balaban J connectivity index is 1.91. The van der Waals surface area contributed by atoms with E-state index >= 15 is 0 Å². The normalized spacial score (nSPS) is 10.2. The number of thiazole rings is 1. The molecule has 0 unspecified atom stereocenters. The first kappa shape index (κ1) is 11.9. The number of aromatic nitrogens is 2. The van der Waals surface area contributed by atoms with Crippen LogP contribution in [-0.4, -0.2) is 16.5 Å². The lowest BCUT2D eigenvalue weighted by Crippen LogP contribution is -2.03. The predicted molar refractivity (Wildman–Crippen MR) is 72.5 cm³/mol. The van der Waals surface area contributed by atoms with Crippen molar-refractivity contribution in [3.63, 3.8) is 0 Å². The second-order valence-electron chi connectivity index (χ2n) is 3.67. The third-order valence-corrected chi connectivity index (χ3v) is 3.02. The Hall–Kier alpha value is -1.62. The van der Waals surface area contributed by atoms with Crippen molar-refractivity contribution >= 4 is 22.7 Å². The quantitative estimate of drug-likeness (QED) is 0.825. The molecule has 0 saturated heterocycles. The standard InChI is InChI=1S/C12H16N4S/c1-2-3-14-10-6-11(8-13-7-10)16-9-12-15-4-5-17-12/h4-8,14,16H,2-3,9H2,1H3. The molecule has 4 nitrogen and oxygen atoms in total.